The smallest absolute Gasteiger partial charge is 0.310 e. The zero-order valence-electron chi connectivity index (χ0n) is 31.7. The van der Waals surface area contributed by atoms with Gasteiger partial charge in [-0.3, -0.25) is 14.4 Å². The Labute approximate surface area is 310 Å². The summed E-state index contributed by atoms with van der Waals surface area (Å²) in [7, 11) is 2.88. The zero-order chi connectivity index (χ0) is 38.6. The fourth-order valence-electron chi connectivity index (χ4n) is 7.30. The Morgan fingerprint density at radius 1 is 0.906 bits per heavy atom. The Morgan fingerprint density at radius 2 is 1.62 bits per heavy atom. The number of amides is 1. The van der Waals surface area contributed by atoms with Gasteiger partial charge in [-0.2, -0.15) is 0 Å². The van der Waals surface area contributed by atoms with Gasteiger partial charge in [0.1, 0.15) is 0 Å². The van der Waals surface area contributed by atoms with Gasteiger partial charge in [-0.1, -0.05) is 13.8 Å². The molecule has 0 aromatic heterocycles. The summed E-state index contributed by atoms with van der Waals surface area (Å²) in [4.78, 5) is 54.3. The molecule has 1 fully saturated rings. The minimum atomic E-state index is -0.954. The van der Waals surface area contributed by atoms with E-state index in [9.17, 15) is 24.6 Å². The van der Waals surface area contributed by atoms with Gasteiger partial charge in [0.05, 0.1) is 78.9 Å². The predicted octanol–water partition coefficient (Wildman–Crippen LogP) is 5.48. The number of rotatable bonds is 13. The number of carboxylic acid groups (broad SMARTS) is 1. The van der Waals surface area contributed by atoms with Crippen LogP contribution in [0.5, 0.6) is 0 Å². The first-order chi connectivity index (χ1) is 25.3. The van der Waals surface area contributed by atoms with Gasteiger partial charge >= 0.3 is 11.9 Å². The third kappa shape index (κ3) is 8.11. The van der Waals surface area contributed by atoms with Crippen LogP contribution < -0.4 is 10.6 Å². The molecule has 53 heavy (non-hydrogen) atoms. The van der Waals surface area contributed by atoms with E-state index >= 15 is 0 Å². The molecule has 2 unspecified atom stereocenters. The van der Waals surface area contributed by atoms with Crippen molar-refractivity contribution in [2.45, 2.75) is 67.2 Å². The summed E-state index contributed by atoms with van der Waals surface area (Å²) in [6.07, 6.45) is 6.22. The van der Waals surface area contributed by atoms with E-state index in [0.717, 1.165) is 22.4 Å². The average molecular weight is 728 g/mol. The number of aliphatic hydroxyl groups is 1. The van der Waals surface area contributed by atoms with E-state index in [1.54, 1.807) is 14.0 Å². The van der Waals surface area contributed by atoms with Gasteiger partial charge in [-0.05, 0) is 81.1 Å². The van der Waals surface area contributed by atoms with E-state index in [-0.39, 0.29) is 55.6 Å². The lowest BCUT2D eigenvalue weighted by molar-refractivity contribution is -0.140. The predicted molar refractivity (Wildman–Crippen MR) is 202 cm³/mol. The lowest BCUT2D eigenvalue weighted by Crippen LogP contribution is -2.32. The summed E-state index contributed by atoms with van der Waals surface area (Å²) in [6, 6.07) is 0. The van der Waals surface area contributed by atoms with Crippen LogP contribution in [0.4, 0.5) is 0 Å². The van der Waals surface area contributed by atoms with E-state index in [1.807, 2.05) is 52.8 Å². The molecule has 5 heterocycles. The van der Waals surface area contributed by atoms with Crippen LogP contribution in [0.25, 0.3) is 0 Å². The molecule has 4 N–H and O–H groups in total. The number of carbonyl (C=O) groups excluding carboxylic acids is 2. The summed E-state index contributed by atoms with van der Waals surface area (Å²) < 4.78 is 15.8. The molecule has 13 heteroatoms. The van der Waals surface area contributed by atoms with Crippen molar-refractivity contribution in [3.8, 4) is 0 Å². The van der Waals surface area contributed by atoms with Crippen LogP contribution in [0.15, 0.2) is 106 Å². The Kier molecular flexibility index (Phi) is 12.3. The Hall–Kier alpha value is -5.14. The highest BCUT2D eigenvalue weighted by molar-refractivity contribution is 6.32. The van der Waals surface area contributed by atoms with Gasteiger partial charge in [0.15, 0.2) is 0 Å². The minimum absolute atomic E-state index is 0.124. The first kappa shape index (κ1) is 39.1. The second-order valence-corrected chi connectivity index (χ2v) is 13.5. The van der Waals surface area contributed by atoms with E-state index < -0.39 is 17.8 Å². The van der Waals surface area contributed by atoms with Crippen LogP contribution in [0.3, 0.4) is 0 Å². The van der Waals surface area contributed by atoms with Gasteiger partial charge in [-0.25, -0.2) is 15.0 Å². The van der Waals surface area contributed by atoms with Crippen molar-refractivity contribution in [2.75, 3.05) is 40.6 Å². The second kappa shape index (κ2) is 16.7. The highest BCUT2D eigenvalue weighted by Gasteiger charge is 2.40. The van der Waals surface area contributed by atoms with Crippen LogP contribution in [0, 0.1) is 11.8 Å². The Morgan fingerprint density at radius 3 is 2.28 bits per heavy atom. The molecule has 0 radical (unpaired) electrons. The summed E-state index contributed by atoms with van der Waals surface area (Å²) in [5.41, 5.74) is 9.36. The van der Waals surface area contributed by atoms with Crippen LogP contribution in [0.2, 0.25) is 0 Å². The maximum Gasteiger partial charge on any atom is 0.310 e. The number of aliphatic imine (C=N–C) groups is 3. The number of ether oxygens (including phenoxy) is 3. The number of carboxylic acids is 1. The maximum absolute atomic E-state index is 14.1. The molecule has 0 aliphatic carbocycles. The molecule has 0 aromatic carbocycles. The van der Waals surface area contributed by atoms with Crippen molar-refractivity contribution in [3.63, 3.8) is 0 Å². The van der Waals surface area contributed by atoms with E-state index in [0.29, 0.717) is 76.3 Å². The van der Waals surface area contributed by atoms with Gasteiger partial charge in [-0.15, -0.1) is 0 Å². The largest absolute Gasteiger partial charge is 0.512 e. The molecule has 8 bridgehead atoms. The highest BCUT2D eigenvalue weighted by atomic mass is 16.5. The van der Waals surface area contributed by atoms with Crippen molar-refractivity contribution < 1.29 is 38.8 Å². The zero-order valence-corrected chi connectivity index (χ0v) is 31.7. The van der Waals surface area contributed by atoms with E-state index in [4.69, 9.17) is 29.2 Å². The van der Waals surface area contributed by atoms with E-state index in [1.165, 1.54) is 7.11 Å². The van der Waals surface area contributed by atoms with Gasteiger partial charge < -0.3 is 35.1 Å². The first-order valence-electron chi connectivity index (χ1n) is 17.9. The van der Waals surface area contributed by atoms with Crippen molar-refractivity contribution in [2.24, 2.45) is 26.8 Å². The van der Waals surface area contributed by atoms with Crippen molar-refractivity contribution in [3.05, 3.63) is 91.5 Å². The third-order valence-corrected chi connectivity index (χ3v) is 10.2. The molecule has 5 rings (SSSR count). The molecule has 0 saturated carbocycles. The molecule has 0 aromatic rings. The number of fused-ring (bicyclic) bond motifs is 5. The number of nitrogens with zero attached hydrogens (tertiary/aromatic N) is 3. The number of aliphatic carboxylic acids is 1. The van der Waals surface area contributed by atoms with Crippen LogP contribution in [-0.2, 0) is 28.6 Å². The SMILES string of the molecule is CCC1=C(C)C2=CC3=NC(=C(C)C3=C(C)O)C=C3NC(=C(CC(=O)OC)C4=NC(=CC1=N2)C(C)=C4C(=O)NCCOCCOC)C(CCC(=O)O)C3C. The maximum atomic E-state index is 14.1. The lowest BCUT2D eigenvalue weighted by Gasteiger charge is -2.20. The molecule has 1 saturated heterocycles. The number of methoxy groups -OCH3 is 2. The first-order valence-corrected chi connectivity index (χ1v) is 17.9. The summed E-state index contributed by atoms with van der Waals surface area (Å²) in [6.45, 7) is 12.7. The third-order valence-electron chi connectivity index (χ3n) is 10.2. The molecule has 13 nitrogen and oxygen atoms in total. The average Bonchev–Trinajstić information content (AvgIpc) is 3.80. The van der Waals surface area contributed by atoms with Gasteiger partial charge in [0, 0.05) is 54.5 Å². The van der Waals surface area contributed by atoms with Gasteiger partial charge in [0.2, 0.25) is 0 Å². The van der Waals surface area contributed by atoms with E-state index in [2.05, 4.69) is 10.6 Å². The molecular weight excluding hydrogens is 678 g/mol. The van der Waals surface area contributed by atoms with Crippen molar-refractivity contribution >= 4 is 35.0 Å². The van der Waals surface area contributed by atoms with Crippen molar-refractivity contribution in [1.29, 1.82) is 0 Å². The summed E-state index contributed by atoms with van der Waals surface area (Å²) in [5, 5.41) is 27.1. The molecule has 2 atom stereocenters. The lowest BCUT2D eigenvalue weighted by atomic mass is 9.84. The normalized spacial score (nSPS) is 22.0. The van der Waals surface area contributed by atoms with Crippen LogP contribution in [0.1, 0.15) is 67.2 Å². The highest BCUT2D eigenvalue weighted by Crippen LogP contribution is 2.43. The number of nitrogens with one attached hydrogen (secondary N) is 2. The topological polar surface area (TPSA) is 180 Å². The monoisotopic (exact) mass is 727 g/mol. The molecule has 5 aliphatic rings. The number of hydrogen-bond donors (Lipinski definition) is 4. The fourth-order valence-corrected chi connectivity index (χ4v) is 7.30. The molecule has 1 amide bonds. The number of carbonyl (C=O) groups is 3. The van der Waals surface area contributed by atoms with Crippen LogP contribution >= 0.6 is 0 Å². The molecule has 5 aliphatic heterocycles. The van der Waals surface area contributed by atoms with Crippen LogP contribution in [-0.4, -0.2) is 85.8 Å². The number of esters is 1. The second-order valence-electron chi connectivity index (χ2n) is 13.5. The quantitative estimate of drug-likeness (QED) is 0.109. The number of hydrogen-bond acceptors (Lipinski definition) is 11. The molecule has 0 spiro atoms. The standard InChI is InChI=1S/C40H49N5O8/c1-9-25-20(2)28-19-33-36(24(6)46)22(4)30(43-33)17-29-21(3)26(10-11-34(47)48)38(44-29)27(16-35(49)52-8)39-37(23(5)31(45-39)18-32(25)42-28)40(50)41-12-13-53-15-14-51-7/h17-19,21,26,44,46H,9-16H2,1-8H3,(H,41,50)(H,47,48). The summed E-state index contributed by atoms with van der Waals surface area (Å²) >= 11 is 0. The number of allylic oxidation sites excluding steroid dienone is 11. The Bertz CT molecular complexity index is 1960. The number of aliphatic hydroxyl groups excluding tert-OH is 1. The van der Waals surface area contributed by atoms with Crippen molar-refractivity contribution in [1.82, 2.24) is 10.6 Å². The molecule has 282 valence electrons. The summed E-state index contributed by atoms with van der Waals surface area (Å²) in [5.74, 6) is -2.40. The Balaban J connectivity index is 1.79. The fraction of sp³-hybridized carbons (Fsp3) is 0.450. The molecular formula is C40H49N5O8. The van der Waals surface area contributed by atoms with Gasteiger partial charge in [0.25, 0.3) is 5.91 Å². The minimum Gasteiger partial charge on any atom is -0.512 e.